The minimum absolute atomic E-state index is 0.199. The van der Waals surface area contributed by atoms with E-state index >= 15 is 0 Å². The van der Waals surface area contributed by atoms with Crippen LogP contribution in [0.25, 0.3) is 0 Å². The van der Waals surface area contributed by atoms with Gasteiger partial charge in [-0.2, -0.15) is 5.10 Å². The van der Waals surface area contributed by atoms with Gasteiger partial charge in [0.25, 0.3) is 0 Å². The molecule has 0 aromatic carbocycles. The van der Waals surface area contributed by atoms with E-state index in [1.165, 1.54) is 0 Å². The SMILES string of the molecule is CCCn1cc(N[C@@H](C)[C@H]2CCCN(C(=O)OC(C)(C)C)C2)cn1. The summed E-state index contributed by atoms with van der Waals surface area (Å²) in [5.74, 6) is 0.417. The minimum Gasteiger partial charge on any atom is -0.444 e. The Balaban J connectivity index is 1.89. The van der Waals surface area contributed by atoms with E-state index < -0.39 is 5.60 Å². The van der Waals surface area contributed by atoms with Gasteiger partial charge in [0.15, 0.2) is 0 Å². The van der Waals surface area contributed by atoms with E-state index in [0.29, 0.717) is 5.92 Å². The van der Waals surface area contributed by atoms with Crippen LogP contribution in [-0.2, 0) is 11.3 Å². The Morgan fingerprint density at radius 2 is 2.25 bits per heavy atom. The quantitative estimate of drug-likeness (QED) is 0.890. The first-order chi connectivity index (χ1) is 11.3. The minimum atomic E-state index is -0.443. The molecule has 1 saturated heterocycles. The number of anilines is 1. The fourth-order valence-corrected chi connectivity index (χ4v) is 3.08. The van der Waals surface area contributed by atoms with Crippen molar-refractivity contribution in [2.75, 3.05) is 18.4 Å². The number of piperidine rings is 1. The number of carbonyl (C=O) groups excluding carboxylic acids is 1. The molecule has 0 aliphatic carbocycles. The van der Waals surface area contributed by atoms with Crippen LogP contribution < -0.4 is 5.32 Å². The lowest BCUT2D eigenvalue weighted by Gasteiger charge is -2.36. The molecule has 1 fully saturated rings. The van der Waals surface area contributed by atoms with Crippen molar-refractivity contribution in [2.24, 2.45) is 5.92 Å². The van der Waals surface area contributed by atoms with E-state index in [-0.39, 0.29) is 12.1 Å². The van der Waals surface area contributed by atoms with Gasteiger partial charge < -0.3 is 15.0 Å². The fraction of sp³-hybridized carbons (Fsp3) is 0.778. The second-order valence-electron chi connectivity index (χ2n) is 7.75. The molecule has 1 aromatic rings. The first-order valence-electron chi connectivity index (χ1n) is 9.05. The Kier molecular flexibility index (Phi) is 6.13. The highest BCUT2D eigenvalue weighted by atomic mass is 16.6. The number of carbonyl (C=O) groups is 1. The van der Waals surface area contributed by atoms with Gasteiger partial charge in [-0.25, -0.2) is 4.79 Å². The van der Waals surface area contributed by atoms with E-state index in [1.807, 2.05) is 36.5 Å². The normalized spacial score (nSPS) is 19.9. The number of likely N-dealkylation sites (tertiary alicyclic amines) is 1. The zero-order chi connectivity index (χ0) is 17.7. The van der Waals surface area contributed by atoms with Crippen molar-refractivity contribution in [3.63, 3.8) is 0 Å². The van der Waals surface area contributed by atoms with Crippen LogP contribution in [-0.4, -0.2) is 45.5 Å². The molecule has 0 bridgehead atoms. The molecule has 1 aliphatic rings. The number of aromatic nitrogens is 2. The molecule has 0 radical (unpaired) electrons. The summed E-state index contributed by atoms with van der Waals surface area (Å²) in [6.07, 6.45) is 6.94. The van der Waals surface area contributed by atoms with Crippen LogP contribution in [0, 0.1) is 5.92 Å². The summed E-state index contributed by atoms with van der Waals surface area (Å²) in [7, 11) is 0. The molecular weight excluding hydrogens is 304 g/mol. The standard InChI is InChI=1S/C18H32N4O2/c1-6-9-22-13-16(11-19-22)20-14(2)15-8-7-10-21(12-15)17(23)24-18(3,4)5/h11,13-15,20H,6-10,12H2,1-5H3/t14-,15-/m0/s1. The van der Waals surface area contributed by atoms with E-state index in [1.54, 1.807) is 0 Å². The second kappa shape index (κ2) is 7.90. The van der Waals surface area contributed by atoms with Crippen LogP contribution >= 0.6 is 0 Å². The molecule has 0 unspecified atom stereocenters. The van der Waals surface area contributed by atoms with Crippen molar-refractivity contribution in [2.45, 2.75) is 72.1 Å². The molecule has 1 aromatic heterocycles. The van der Waals surface area contributed by atoms with Gasteiger partial charge in [-0.15, -0.1) is 0 Å². The van der Waals surface area contributed by atoms with Crippen LogP contribution in [0.3, 0.4) is 0 Å². The van der Waals surface area contributed by atoms with Gasteiger partial charge in [0, 0.05) is 31.9 Å². The van der Waals surface area contributed by atoms with Gasteiger partial charge in [-0.3, -0.25) is 4.68 Å². The van der Waals surface area contributed by atoms with Crippen LogP contribution in [0.2, 0.25) is 0 Å². The van der Waals surface area contributed by atoms with Crippen molar-refractivity contribution in [3.05, 3.63) is 12.4 Å². The molecule has 1 amide bonds. The zero-order valence-corrected chi connectivity index (χ0v) is 15.7. The number of nitrogens with one attached hydrogen (secondary N) is 1. The lowest BCUT2D eigenvalue weighted by atomic mass is 9.91. The van der Waals surface area contributed by atoms with E-state index in [2.05, 4.69) is 30.5 Å². The van der Waals surface area contributed by atoms with E-state index in [0.717, 1.165) is 44.6 Å². The number of nitrogens with zero attached hydrogens (tertiary/aromatic N) is 3. The summed E-state index contributed by atoms with van der Waals surface area (Å²) in [6, 6.07) is 0.287. The Bertz CT molecular complexity index is 535. The molecule has 1 N–H and O–H groups in total. The van der Waals surface area contributed by atoms with Crippen LogP contribution in [0.1, 0.15) is 53.9 Å². The van der Waals surface area contributed by atoms with Gasteiger partial charge in [0.1, 0.15) is 5.60 Å². The Hall–Kier alpha value is -1.72. The summed E-state index contributed by atoms with van der Waals surface area (Å²) in [5, 5.41) is 7.89. The van der Waals surface area contributed by atoms with Gasteiger partial charge >= 0.3 is 6.09 Å². The zero-order valence-electron chi connectivity index (χ0n) is 15.7. The van der Waals surface area contributed by atoms with Crippen molar-refractivity contribution in [1.29, 1.82) is 0 Å². The molecular formula is C18H32N4O2. The summed E-state index contributed by atoms with van der Waals surface area (Å²) >= 11 is 0. The lowest BCUT2D eigenvalue weighted by molar-refractivity contribution is 0.0159. The molecule has 2 rings (SSSR count). The number of amides is 1. The van der Waals surface area contributed by atoms with Crippen LogP contribution in [0.4, 0.5) is 10.5 Å². The lowest BCUT2D eigenvalue weighted by Crippen LogP contribution is -2.46. The third kappa shape index (κ3) is 5.42. The van der Waals surface area contributed by atoms with Gasteiger partial charge in [-0.05, 0) is 52.9 Å². The number of hydrogen-bond donors (Lipinski definition) is 1. The highest BCUT2D eigenvalue weighted by Gasteiger charge is 2.30. The molecule has 136 valence electrons. The Labute approximate surface area is 145 Å². The predicted molar refractivity (Wildman–Crippen MR) is 96.1 cm³/mol. The Morgan fingerprint density at radius 3 is 2.92 bits per heavy atom. The third-order valence-electron chi connectivity index (χ3n) is 4.30. The first-order valence-corrected chi connectivity index (χ1v) is 9.05. The smallest absolute Gasteiger partial charge is 0.410 e. The number of ether oxygens (including phenoxy) is 1. The van der Waals surface area contributed by atoms with E-state index in [9.17, 15) is 4.79 Å². The molecule has 0 spiro atoms. The van der Waals surface area contributed by atoms with Crippen molar-refractivity contribution >= 4 is 11.8 Å². The fourth-order valence-electron chi connectivity index (χ4n) is 3.08. The maximum atomic E-state index is 12.3. The number of aryl methyl sites for hydroxylation is 1. The van der Waals surface area contributed by atoms with Gasteiger partial charge in [0.2, 0.25) is 0 Å². The molecule has 6 nitrogen and oxygen atoms in total. The van der Waals surface area contributed by atoms with E-state index in [4.69, 9.17) is 4.74 Å². The average molecular weight is 336 g/mol. The summed E-state index contributed by atoms with van der Waals surface area (Å²) in [6.45, 7) is 12.5. The average Bonchev–Trinajstić information content (AvgIpc) is 2.93. The molecule has 2 heterocycles. The van der Waals surface area contributed by atoms with Crippen LogP contribution in [0.5, 0.6) is 0 Å². The maximum Gasteiger partial charge on any atom is 0.410 e. The van der Waals surface area contributed by atoms with Crippen molar-refractivity contribution in [1.82, 2.24) is 14.7 Å². The summed E-state index contributed by atoms with van der Waals surface area (Å²) in [4.78, 5) is 14.1. The van der Waals surface area contributed by atoms with Crippen LogP contribution in [0.15, 0.2) is 12.4 Å². The number of hydrogen-bond acceptors (Lipinski definition) is 4. The topological polar surface area (TPSA) is 59.4 Å². The largest absolute Gasteiger partial charge is 0.444 e. The first kappa shape index (κ1) is 18.6. The third-order valence-corrected chi connectivity index (χ3v) is 4.30. The van der Waals surface area contributed by atoms with Gasteiger partial charge in [-0.1, -0.05) is 6.92 Å². The molecule has 2 atom stereocenters. The molecule has 24 heavy (non-hydrogen) atoms. The predicted octanol–water partition coefficient (Wildman–Crippen LogP) is 3.74. The molecule has 1 aliphatic heterocycles. The maximum absolute atomic E-state index is 12.3. The Morgan fingerprint density at radius 1 is 1.50 bits per heavy atom. The highest BCUT2D eigenvalue weighted by Crippen LogP contribution is 2.24. The number of rotatable bonds is 5. The summed E-state index contributed by atoms with van der Waals surface area (Å²) < 4.78 is 7.47. The summed E-state index contributed by atoms with van der Waals surface area (Å²) in [5.41, 5.74) is 0.604. The van der Waals surface area contributed by atoms with Gasteiger partial charge in [0.05, 0.1) is 11.9 Å². The monoisotopic (exact) mass is 336 g/mol. The molecule has 6 heteroatoms. The van der Waals surface area contributed by atoms with Crippen molar-refractivity contribution in [3.8, 4) is 0 Å². The molecule has 0 saturated carbocycles. The van der Waals surface area contributed by atoms with Crippen molar-refractivity contribution < 1.29 is 9.53 Å². The highest BCUT2D eigenvalue weighted by molar-refractivity contribution is 5.68. The second-order valence-corrected chi connectivity index (χ2v) is 7.75.